The first-order valence-electron chi connectivity index (χ1n) is 10.4. The summed E-state index contributed by atoms with van der Waals surface area (Å²) >= 11 is 0. The predicted octanol–water partition coefficient (Wildman–Crippen LogP) is 4.37. The summed E-state index contributed by atoms with van der Waals surface area (Å²) in [5, 5.41) is 0.914. The van der Waals surface area contributed by atoms with Crippen LogP contribution in [-0.2, 0) is 6.61 Å². The quantitative estimate of drug-likeness (QED) is 0.486. The fourth-order valence-corrected chi connectivity index (χ4v) is 3.95. The number of hydrogen-bond acceptors (Lipinski definition) is 5. The van der Waals surface area contributed by atoms with Gasteiger partial charge >= 0.3 is 0 Å². The number of anilines is 1. The Hall–Kier alpha value is -3.80. The third kappa shape index (κ3) is 3.97. The second-order valence-corrected chi connectivity index (χ2v) is 7.49. The number of hydrogen-bond donors (Lipinski definition) is 0. The molecule has 2 aromatic heterocycles. The largest absolute Gasteiger partial charge is 0.489 e. The number of amides is 1. The lowest BCUT2D eigenvalue weighted by Gasteiger charge is -2.35. The molecule has 156 valence electrons. The molecule has 0 atom stereocenters. The molecule has 1 aliphatic heterocycles. The zero-order valence-electron chi connectivity index (χ0n) is 17.1. The normalized spacial score (nSPS) is 14.1. The number of nitrogens with zero attached hydrogens (tertiary/aromatic N) is 3. The van der Waals surface area contributed by atoms with Crippen LogP contribution in [0.3, 0.4) is 0 Å². The molecule has 6 heteroatoms. The van der Waals surface area contributed by atoms with E-state index in [2.05, 4.69) is 9.88 Å². The molecule has 2 aromatic carbocycles. The molecule has 4 aromatic rings. The molecule has 0 aliphatic carbocycles. The minimum atomic E-state index is -0.0859. The molecule has 0 saturated carbocycles. The molecule has 0 bridgehead atoms. The van der Waals surface area contributed by atoms with Gasteiger partial charge < -0.3 is 19.0 Å². The van der Waals surface area contributed by atoms with E-state index in [9.17, 15) is 4.79 Å². The summed E-state index contributed by atoms with van der Waals surface area (Å²) < 4.78 is 12.0. The van der Waals surface area contributed by atoms with Gasteiger partial charge in [0.05, 0.1) is 0 Å². The Kier molecular flexibility index (Phi) is 5.27. The van der Waals surface area contributed by atoms with Crippen LogP contribution in [0.25, 0.3) is 11.0 Å². The van der Waals surface area contributed by atoms with Crippen LogP contribution in [-0.4, -0.2) is 42.0 Å². The van der Waals surface area contributed by atoms with Crippen molar-refractivity contribution in [2.75, 3.05) is 31.1 Å². The standard InChI is InChI=1S/C25H23N3O3/c29-25(28-16-14-27(15-17-28)19-10-12-26-13-11-19)24-22(18-30-20-6-2-1-3-7-20)21-8-4-5-9-23(21)31-24/h1-13H,14-18H2. The van der Waals surface area contributed by atoms with Gasteiger partial charge in [-0.05, 0) is 30.3 Å². The number of carbonyl (C=O) groups is 1. The van der Waals surface area contributed by atoms with Crippen molar-refractivity contribution in [3.8, 4) is 5.75 Å². The number of rotatable bonds is 5. The first-order chi connectivity index (χ1) is 15.3. The van der Waals surface area contributed by atoms with Crippen molar-refractivity contribution < 1.29 is 13.9 Å². The van der Waals surface area contributed by atoms with E-state index in [0.29, 0.717) is 24.4 Å². The average Bonchev–Trinajstić information content (AvgIpc) is 3.22. The highest BCUT2D eigenvalue weighted by Gasteiger charge is 2.28. The summed E-state index contributed by atoms with van der Waals surface area (Å²) in [5.74, 6) is 1.05. The van der Waals surface area contributed by atoms with Crippen molar-refractivity contribution in [3.63, 3.8) is 0 Å². The van der Waals surface area contributed by atoms with Crippen LogP contribution >= 0.6 is 0 Å². The Bertz CT molecular complexity index is 1170. The number of ether oxygens (including phenoxy) is 1. The van der Waals surface area contributed by atoms with E-state index in [-0.39, 0.29) is 12.5 Å². The highest BCUT2D eigenvalue weighted by atomic mass is 16.5. The van der Waals surface area contributed by atoms with Crippen LogP contribution in [0.15, 0.2) is 83.5 Å². The number of para-hydroxylation sites is 2. The summed E-state index contributed by atoms with van der Waals surface area (Å²) in [6.07, 6.45) is 3.58. The number of furan rings is 1. The lowest BCUT2D eigenvalue weighted by Crippen LogP contribution is -2.48. The maximum Gasteiger partial charge on any atom is 0.290 e. The Morgan fingerprint density at radius 3 is 2.39 bits per heavy atom. The maximum atomic E-state index is 13.4. The van der Waals surface area contributed by atoms with Gasteiger partial charge in [0.2, 0.25) is 0 Å². The summed E-state index contributed by atoms with van der Waals surface area (Å²) in [6, 6.07) is 21.3. The lowest BCUT2D eigenvalue weighted by atomic mass is 10.1. The van der Waals surface area contributed by atoms with Crippen LogP contribution in [0.5, 0.6) is 5.75 Å². The monoisotopic (exact) mass is 413 g/mol. The molecule has 0 spiro atoms. The molecule has 6 nitrogen and oxygen atoms in total. The van der Waals surface area contributed by atoms with Crippen LogP contribution < -0.4 is 9.64 Å². The molecule has 3 heterocycles. The number of fused-ring (bicyclic) bond motifs is 1. The predicted molar refractivity (Wildman–Crippen MR) is 119 cm³/mol. The van der Waals surface area contributed by atoms with Gasteiger partial charge in [0, 0.05) is 55.2 Å². The molecule has 31 heavy (non-hydrogen) atoms. The van der Waals surface area contributed by atoms with Crippen LogP contribution in [0.4, 0.5) is 5.69 Å². The summed E-state index contributed by atoms with van der Waals surface area (Å²) in [7, 11) is 0. The molecule has 1 amide bonds. The highest BCUT2D eigenvalue weighted by Crippen LogP contribution is 2.29. The van der Waals surface area contributed by atoms with Crippen molar-refractivity contribution in [2.45, 2.75) is 6.61 Å². The lowest BCUT2D eigenvalue weighted by molar-refractivity contribution is 0.0713. The fraction of sp³-hybridized carbons (Fsp3) is 0.200. The Morgan fingerprint density at radius 2 is 1.61 bits per heavy atom. The number of aromatic nitrogens is 1. The van der Waals surface area contributed by atoms with Gasteiger partial charge in [-0.2, -0.15) is 0 Å². The van der Waals surface area contributed by atoms with Gasteiger partial charge in [-0.3, -0.25) is 9.78 Å². The van der Waals surface area contributed by atoms with Gasteiger partial charge in [0.1, 0.15) is 17.9 Å². The van der Waals surface area contributed by atoms with Gasteiger partial charge in [-0.25, -0.2) is 0 Å². The minimum absolute atomic E-state index is 0.0859. The molecular weight excluding hydrogens is 390 g/mol. The minimum Gasteiger partial charge on any atom is -0.489 e. The van der Waals surface area contributed by atoms with Crippen molar-refractivity contribution >= 4 is 22.6 Å². The van der Waals surface area contributed by atoms with Gasteiger partial charge in [0.25, 0.3) is 5.91 Å². The number of pyridine rings is 1. The third-order valence-electron chi connectivity index (χ3n) is 5.61. The first kappa shape index (κ1) is 19.2. The molecule has 0 radical (unpaired) electrons. The summed E-state index contributed by atoms with van der Waals surface area (Å²) in [6.45, 7) is 3.09. The van der Waals surface area contributed by atoms with Crippen molar-refractivity contribution in [2.24, 2.45) is 0 Å². The molecule has 1 aliphatic rings. The zero-order valence-corrected chi connectivity index (χ0v) is 17.1. The highest BCUT2D eigenvalue weighted by molar-refractivity contribution is 5.99. The van der Waals surface area contributed by atoms with Crippen molar-refractivity contribution in [1.29, 1.82) is 0 Å². The topological polar surface area (TPSA) is 58.8 Å². The number of piperazine rings is 1. The van der Waals surface area contributed by atoms with E-state index in [4.69, 9.17) is 9.15 Å². The molecule has 0 N–H and O–H groups in total. The second kappa shape index (κ2) is 8.52. The molecule has 0 unspecified atom stereocenters. The Balaban J connectivity index is 1.36. The molecule has 1 saturated heterocycles. The Labute approximate surface area is 180 Å². The van der Waals surface area contributed by atoms with Crippen molar-refractivity contribution in [3.05, 3.63) is 90.4 Å². The SMILES string of the molecule is O=C(c1oc2ccccc2c1COc1ccccc1)N1CCN(c2ccncc2)CC1. The van der Waals surface area contributed by atoms with E-state index >= 15 is 0 Å². The molecular formula is C25H23N3O3. The van der Waals surface area contributed by atoms with Crippen molar-refractivity contribution in [1.82, 2.24) is 9.88 Å². The van der Waals surface area contributed by atoms with E-state index in [1.54, 1.807) is 12.4 Å². The first-order valence-corrected chi connectivity index (χ1v) is 10.4. The smallest absolute Gasteiger partial charge is 0.290 e. The zero-order chi connectivity index (χ0) is 21.0. The van der Waals surface area contributed by atoms with E-state index < -0.39 is 0 Å². The van der Waals surface area contributed by atoms with Gasteiger partial charge in [0.15, 0.2) is 5.76 Å². The van der Waals surface area contributed by atoms with E-state index in [1.165, 1.54) is 0 Å². The molecule has 1 fully saturated rings. The fourth-order valence-electron chi connectivity index (χ4n) is 3.95. The summed E-state index contributed by atoms with van der Waals surface area (Å²) in [4.78, 5) is 21.6. The summed E-state index contributed by atoms with van der Waals surface area (Å²) in [5.41, 5.74) is 2.62. The Morgan fingerprint density at radius 1 is 0.903 bits per heavy atom. The number of carbonyl (C=O) groups excluding carboxylic acids is 1. The van der Waals surface area contributed by atoms with Gasteiger partial charge in [-0.1, -0.05) is 36.4 Å². The number of benzene rings is 2. The third-order valence-corrected chi connectivity index (χ3v) is 5.61. The van der Waals surface area contributed by atoms with Crippen LogP contribution in [0.2, 0.25) is 0 Å². The van der Waals surface area contributed by atoms with E-state index in [0.717, 1.165) is 35.5 Å². The molecule has 5 rings (SSSR count). The average molecular weight is 413 g/mol. The second-order valence-electron chi connectivity index (χ2n) is 7.49. The van der Waals surface area contributed by atoms with Crippen LogP contribution in [0.1, 0.15) is 16.1 Å². The van der Waals surface area contributed by atoms with Crippen LogP contribution in [0, 0.1) is 0 Å². The maximum absolute atomic E-state index is 13.4. The van der Waals surface area contributed by atoms with E-state index in [1.807, 2.05) is 71.6 Å². The van der Waals surface area contributed by atoms with Gasteiger partial charge in [-0.15, -0.1) is 0 Å².